The Bertz CT molecular complexity index is 251. The number of amides is 1. The Morgan fingerprint density at radius 3 is 2.50 bits per heavy atom. The highest BCUT2D eigenvalue weighted by Crippen LogP contribution is 2.21. The van der Waals surface area contributed by atoms with E-state index in [-0.39, 0.29) is 5.91 Å². The molecule has 90 valence electrons. The van der Waals surface area contributed by atoms with Crippen molar-refractivity contribution in [2.75, 3.05) is 0 Å². The highest BCUT2D eigenvalue weighted by molar-refractivity contribution is 5.76. The largest absolute Gasteiger partial charge is 0.353 e. The Hall–Kier alpha value is -0.790. The van der Waals surface area contributed by atoms with E-state index in [4.69, 9.17) is 0 Å². The SMILES string of the molecule is O=C(CC1C=CCC1)NC1CCCCCC1. The van der Waals surface area contributed by atoms with E-state index in [0.717, 1.165) is 12.8 Å². The topological polar surface area (TPSA) is 29.1 Å². The highest BCUT2D eigenvalue weighted by atomic mass is 16.1. The second-order valence-electron chi connectivity index (χ2n) is 5.23. The molecule has 16 heavy (non-hydrogen) atoms. The minimum atomic E-state index is 0.267. The first kappa shape index (κ1) is 11.7. The summed E-state index contributed by atoms with van der Waals surface area (Å²) >= 11 is 0. The maximum absolute atomic E-state index is 11.8. The van der Waals surface area contributed by atoms with Crippen molar-refractivity contribution < 1.29 is 4.79 Å². The Balaban J connectivity index is 1.70. The first-order chi connectivity index (χ1) is 7.84. The third-order valence-electron chi connectivity index (χ3n) is 3.78. The van der Waals surface area contributed by atoms with Crippen molar-refractivity contribution in [1.82, 2.24) is 5.32 Å². The molecule has 1 N–H and O–H groups in total. The lowest BCUT2D eigenvalue weighted by molar-refractivity contribution is -0.122. The average molecular weight is 221 g/mol. The molecule has 1 unspecified atom stereocenters. The van der Waals surface area contributed by atoms with Crippen LogP contribution in [0.5, 0.6) is 0 Å². The van der Waals surface area contributed by atoms with Gasteiger partial charge in [-0.15, -0.1) is 0 Å². The third-order valence-corrected chi connectivity index (χ3v) is 3.78. The van der Waals surface area contributed by atoms with Crippen molar-refractivity contribution in [3.63, 3.8) is 0 Å². The summed E-state index contributed by atoms with van der Waals surface area (Å²) in [5.41, 5.74) is 0. The molecule has 0 aliphatic heterocycles. The maximum Gasteiger partial charge on any atom is 0.220 e. The van der Waals surface area contributed by atoms with Crippen molar-refractivity contribution in [3.05, 3.63) is 12.2 Å². The van der Waals surface area contributed by atoms with Gasteiger partial charge in [0.25, 0.3) is 0 Å². The van der Waals surface area contributed by atoms with Gasteiger partial charge in [0.15, 0.2) is 0 Å². The third kappa shape index (κ3) is 3.66. The number of carbonyl (C=O) groups excluding carboxylic acids is 1. The molecule has 1 amide bonds. The molecular formula is C14H23NO. The predicted octanol–water partition coefficient (Wildman–Crippen LogP) is 3.18. The summed E-state index contributed by atoms with van der Waals surface area (Å²) in [5.74, 6) is 0.772. The fraction of sp³-hybridized carbons (Fsp3) is 0.786. The number of hydrogen-bond donors (Lipinski definition) is 1. The van der Waals surface area contributed by atoms with Gasteiger partial charge in [0.2, 0.25) is 5.91 Å². The molecule has 2 aliphatic rings. The molecule has 2 nitrogen and oxygen atoms in total. The number of hydrogen-bond acceptors (Lipinski definition) is 1. The fourth-order valence-corrected chi connectivity index (χ4v) is 2.81. The minimum absolute atomic E-state index is 0.267. The van der Waals surface area contributed by atoms with Crippen LogP contribution in [0.4, 0.5) is 0 Å². The average Bonchev–Trinajstić information content (AvgIpc) is 2.62. The Kier molecular flexibility index (Phi) is 4.44. The Morgan fingerprint density at radius 1 is 1.12 bits per heavy atom. The Labute approximate surface area is 98.5 Å². The lowest BCUT2D eigenvalue weighted by Crippen LogP contribution is -2.35. The van der Waals surface area contributed by atoms with Gasteiger partial charge >= 0.3 is 0 Å². The fourth-order valence-electron chi connectivity index (χ4n) is 2.81. The zero-order chi connectivity index (χ0) is 11.2. The molecule has 0 aromatic heterocycles. The summed E-state index contributed by atoms with van der Waals surface area (Å²) in [6.45, 7) is 0. The molecule has 0 radical (unpaired) electrons. The van der Waals surface area contributed by atoms with E-state index in [0.29, 0.717) is 18.4 Å². The number of rotatable bonds is 3. The summed E-state index contributed by atoms with van der Waals surface area (Å²) < 4.78 is 0. The van der Waals surface area contributed by atoms with Crippen molar-refractivity contribution >= 4 is 5.91 Å². The molecule has 1 saturated carbocycles. The van der Waals surface area contributed by atoms with Crippen LogP contribution < -0.4 is 5.32 Å². The standard InChI is InChI=1S/C14H23NO/c16-14(11-12-7-5-6-8-12)15-13-9-3-1-2-4-10-13/h5,7,12-13H,1-4,6,8-11H2,(H,15,16). The van der Waals surface area contributed by atoms with E-state index in [2.05, 4.69) is 17.5 Å². The quantitative estimate of drug-likeness (QED) is 0.575. The molecule has 1 atom stereocenters. The summed E-state index contributed by atoms with van der Waals surface area (Å²) in [6.07, 6.45) is 15.1. The molecule has 0 saturated heterocycles. The van der Waals surface area contributed by atoms with Crippen molar-refractivity contribution in [1.29, 1.82) is 0 Å². The van der Waals surface area contributed by atoms with Gasteiger partial charge in [-0.1, -0.05) is 37.8 Å². The zero-order valence-electron chi connectivity index (χ0n) is 10.1. The van der Waals surface area contributed by atoms with Crippen LogP contribution in [0.2, 0.25) is 0 Å². The molecule has 0 heterocycles. The van der Waals surface area contributed by atoms with Gasteiger partial charge in [-0.25, -0.2) is 0 Å². The number of carbonyl (C=O) groups is 1. The van der Waals surface area contributed by atoms with Gasteiger partial charge in [0.05, 0.1) is 0 Å². The smallest absolute Gasteiger partial charge is 0.220 e. The lowest BCUT2D eigenvalue weighted by atomic mass is 10.0. The normalized spacial score (nSPS) is 26.6. The van der Waals surface area contributed by atoms with E-state index in [1.807, 2.05) is 0 Å². The van der Waals surface area contributed by atoms with Crippen LogP contribution >= 0.6 is 0 Å². The zero-order valence-corrected chi connectivity index (χ0v) is 10.1. The first-order valence-electron chi connectivity index (χ1n) is 6.80. The molecule has 0 spiro atoms. The first-order valence-corrected chi connectivity index (χ1v) is 6.80. The molecular weight excluding hydrogens is 198 g/mol. The summed E-state index contributed by atoms with van der Waals surface area (Å²) in [4.78, 5) is 11.8. The number of allylic oxidation sites excluding steroid dienone is 2. The maximum atomic E-state index is 11.8. The van der Waals surface area contributed by atoms with Crippen molar-refractivity contribution in [2.24, 2.45) is 5.92 Å². The van der Waals surface area contributed by atoms with Gasteiger partial charge in [-0.2, -0.15) is 0 Å². The lowest BCUT2D eigenvalue weighted by Gasteiger charge is -2.17. The summed E-state index contributed by atoms with van der Waals surface area (Å²) in [6, 6.07) is 0.459. The van der Waals surface area contributed by atoms with Gasteiger partial charge in [0, 0.05) is 12.5 Å². The molecule has 2 heteroatoms. The molecule has 0 bridgehead atoms. The predicted molar refractivity (Wildman–Crippen MR) is 66.1 cm³/mol. The van der Waals surface area contributed by atoms with Crippen LogP contribution in [0.15, 0.2) is 12.2 Å². The van der Waals surface area contributed by atoms with E-state index >= 15 is 0 Å². The van der Waals surface area contributed by atoms with E-state index in [9.17, 15) is 4.79 Å². The van der Waals surface area contributed by atoms with Crippen LogP contribution in [0.25, 0.3) is 0 Å². The van der Waals surface area contributed by atoms with Gasteiger partial charge in [-0.05, 0) is 31.6 Å². The van der Waals surface area contributed by atoms with Gasteiger partial charge in [0.1, 0.15) is 0 Å². The minimum Gasteiger partial charge on any atom is -0.353 e. The second-order valence-corrected chi connectivity index (χ2v) is 5.23. The molecule has 1 fully saturated rings. The second kappa shape index (κ2) is 6.07. The highest BCUT2D eigenvalue weighted by Gasteiger charge is 2.18. The van der Waals surface area contributed by atoms with E-state index < -0.39 is 0 Å². The monoisotopic (exact) mass is 221 g/mol. The van der Waals surface area contributed by atoms with Crippen molar-refractivity contribution in [2.45, 2.75) is 63.8 Å². The van der Waals surface area contributed by atoms with Crippen LogP contribution in [0.1, 0.15) is 57.8 Å². The Morgan fingerprint density at radius 2 is 1.88 bits per heavy atom. The van der Waals surface area contributed by atoms with E-state index in [1.165, 1.54) is 38.5 Å². The van der Waals surface area contributed by atoms with Crippen LogP contribution in [-0.4, -0.2) is 11.9 Å². The van der Waals surface area contributed by atoms with Gasteiger partial charge in [-0.3, -0.25) is 4.79 Å². The van der Waals surface area contributed by atoms with E-state index in [1.54, 1.807) is 0 Å². The molecule has 2 rings (SSSR count). The summed E-state index contributed by atoms with van der Waals surface area (Å²) in [7, 11) is 0. The summed E-state index contributed by atoms with van der Waals surface area (Å²) in [5, 5.41) is 3.21. The van der Waals surface area contributed by atoms with Crippen molar-refractivity contribution in [3.8, 4) is 0 Å². The van der Waals surface area contributed by atoms with Crippen LogP contribution in [0, 0.1) is 5.92 Å². The van der Waals surface area contributed by atoms with Crippen LogP contribution in [-0.2, 0) is 4.79 Å². The number of nitrogens with one attached hydrogen (secondary N) is 1. The molecule has 0 aromatic rings. The molecule has 0 aromatic carbocycles. The van der Waals surface area contributed by atoms with Gasteiger partial charge < -0.3 is 5.32 Å². The molecule has 2 aliphatic carbocycles. The van der Waals surface area contributed by atoms with Crippen LogP contribution in [0.3, 0.4) is 0 Å².